The first-order chi connectivity index (χ1) is 11.0. The number of aromatic hydroxyl groups is 2. The number of rotatable bonds is 3. The van der Waals surface area contributed by atoms with Crippen LogP contribution in [-0.4, -0.2) is 31.3 Å². The number of hydrogen-bond acceptors (Lipinski definition) is 5. The van der Waals surface area contributed by atoms with E-state index in [4.69, 9.17) is 23.8 Å². The van der Waals surface area contributed by atoms with E-state index >= 15 is 0 Å². The Morgan fingerprint density at radius 3 is 2.57 bits per heavy atom. The van der Waals surface area contributed by atoms with E-state index in [0.717, 1.165) is 5.56 Å². The van der Waals surface area contributed by atoms with Crippen molar-refractivity contribution in [3.8, 4) is 22.9 Å². The zero-order valence-corrected chi connectivity index (χ0v) is 13.2. The summed E-state index contributed by atoms with van der Waals surface area (Å²) in [6.45, 7) is 0. The fraction of sp³-hybridized carbons (Fsp3) is 0. The van der Waals surface area contributed by atoms with Gasteiger partial charge in [-0.25, -0.2) is 5.10 Å². The Hall–Kier alpha value is -2.64. The van der Waals surface area contributed by atoms with Crippen molar-refractivity contribution in [2.75, 3.05) is 0 Å². The summed E-state index contributed by atoms with van der Waals surface area (Å²) in [7, 11) is 0. The molecule has 0 radical (unpaired) electrons. The summed E-state index contributed by atoms with van der Waals surface area (Å²) in [6, 6.07) is 11.5. The largest absolute Gasteiger partial charge is 0.504 e. The van der Waals surface area contributed by atoms with Gasteiger partial charge in [-0.2, -0.15) is 14.9 Å². The number of nitrogens with one attached hydrogen (secondary N) is 1. The first-order valence-electron chi connectivity index (χ1n) is 6.54. The summed E-state index contributed by atoms with van der Waals surface area (Å²) in [5.74, 6) is 0.123. The summed E-state index contributed by atoms with van der Waals surface area (Å²) in [6.07, 6.45) is 1.50. The van der Waals surface area contributed by atoms with E-state index in [2.05, 4.69) is 15.3 Å². The number of phenolic OH excluding ortho intramolecular Hbond substituents is 2. The summed E-state index contributed by atoms with van der Waals surface area (Å²) in [5, 5.41) is 30.6. The number of aromatic nitrogens is 3. The normalized spacial score (nSPS) is 11.2. The molecule has 0 unspecified atom stereocenters. The van der Waals surface area contributed by atoms with Crippen LogP contribution in [-0.2, 0) is 0 Å². The Morgan fingerprint density at radius 1 is 1.13 bits per heavy atom. The molecule has 116 valence electrons. The molecule has 3 N–H and O–H groups in total. The lowest BCUT2D eigenvalue weighted by molar-refractivity contribution is 0.403. The highest BCUT2D eigenvalue weighted by atomic mass is 35.5. The fourth-order valence-electron chi connectivity index (χ4n) is 1.93. The van der Waals surface area contributed by atoms with Crippen LogP contribution in [0.5, 0.6) is 11.5 Å². The Bertz CT molecular complexity index is 931. The van der Waals surface area contributed by atoms with Crippen molar-refractivity contribution in [3.05, 3.63) is 57.8 Å². The molecule has 1 heterocycles. The second-order valence-electron chi connectivity index (χ2n) is 4.66. The van der Waals surface area contributed by atoms with Crippen molar-refractivity contribution in [3.63, 3.8) is 0 Å². The molecule has 0 aliphatic rings. The molecular weight excluding hydrogens is 336 g/mol. The smallest absolute Gasteiger partial charge is 0.216 e. The van der Waals surface area contributed by atoms with Crippen molar-refractivity contribution in [2.45, 2.75) is 0 Å². The minimum Gasteiger partial charge on any atom is -0.504 e. The SMILES string of the molecule is Oc1ccc(/C=N/n2c(-c3ccc(Cl)cc3)n[nH]c2=S)cc1O. The molecule has 0 saturated carbocycles. The van der Waals surface area contributed by atoms with Gasteiger partial charge in [0.15, 0.2) is 17.3 Å². The summed E-state index contributed by atoms with van der Waals surface area (Å²) in [5.41, 5.74) is 1.40. The molecule has 2 aromatic carbocycles. The van der Waals surface area contributed by atoms with Gasteiger partial charge in [0, 0.05) is 10.6 Å². The first kappa shape index (κ1) is 15.3. The van der Waals surface area contributed by atoms with E-state index in [1.54, 1.807) is 18.2 Å². The molecular formula is C15H11ClN4O2S. The second-order valence-corrected chi connectivity index (χ2v) is 5.49. The lowest BCUT2D eigenvalue weighted by atomic mass is 10.2. The van der Waals surface area contributed by atoms with E-state index in [1.165, 1.54) is 23.0 Å². The Balaban J connectivity index is 1.98. The van der Waals surface area contributed by atoms with Crippen molar-refractivity contribution >= 4 is 30.0 Å². The molecule has 3 rings (SSSR count). The summed E-state index contributed by atoms with van der Waals surface area (Å²) >= 11 is 11.1. The van der Waals surface area contributed by atoms with Gasteiger partial charge in [0.2, 0.25) is 4.77 Å². The lowest BCUT2D eigenvalue weighted by Gasteiger charge is -2.02. The van der Waals surface area contributed by atoms with Crippen LogP contribution < -0.4 is 0 Å². The molecule has 0 spiro atoms. The fourth-order valence-corrected chi connectivity index (χ4v) is 2.24. The average molecular weight is 347 g/mol. The Labute approximate surface area is 141 Å². The van der Waals surface area contributed by atoms with Crippen LogP contribution in [0.15, 0.2) is 47.6 Å². The maximum Gasteiger partial charge on any atom is 0.216 e. The van der Waals surface area contributed by atoms with E-state index in [0.29, 0.717) is 21.2 Å². The number of hydrogen-bond donors (Lipinski definition) is 3. The number of phenols is 2. The van der Waals surface area contributed by atoms with Gasteiger partial charge in [-0.05, 0) is 60.2 Å². The molecule has 8 heteroatoms. The van der Waals surface area contributed by atoms with Crippen LogP contribution in [0, 0.1) is 4.77 Å². The van der Waals surface area contributed by atoms with Gasteiger partial charge in [0.1, 0.15) is 0 Å². The predicted molar refractivity (Wildman–Crippen MR) is 90.6 cm³/mol. The summed E-state index contributed by atoms with van der Waals surface area (Å²) in [4.78, 5) is 0. The van der Waals surface area contributed by atoms with Crippen molar-refractivity contribution < 1.29 is 10.2 Å². The molecule has 0 aliphatic carbocycles. The van der Waals surface area contributed by atoms with Crippen molar-refractivity contribution in [1.29, 1.82) is 0 Å². The van der Waals surface area contributed by atoms with E-state index in [9.17, 15) is 10.2 Å². The maximum atomic E-state index is 9.50. The minimum absolute atomic E-state index is 0.191. The van der Waals surface area contributed by atoms with E-state index < -0.39 is 0 Å². The molecule has 0 fully saturated rings. The number of nitrogens with zero attached hydrogens (tertiary/aromatic N) is 3. The first-order valence-corrected chi connectivity index (χ1v) is 7.33. The van der Waals surface area contributed by atoms with Crippen LogP contribution in [0.3, 0.4) is 0 Å². The topological polar surface area (TPSA) is 86.4 Å². The lowest BCUT2D eigenvalue weighted by Crippen LogP contribution is -1.95. The standard InChI is InChI=1S/C15H11ClN4O2S/c16-11-4-2-10(3-5-11)14-18-19-15(23)20(14)17-8-9-1-6-12(21)13(22)7-9/h1-8,21-22H,(H,19,23)/b17-8+. The number of benzene rings is 2. The number of aromatic amines is 1. The monoisotopic (exact) mass is 346 g/mol. The molecule has 6 nitrogen and oxygen atoms in total. The summed E-state index contributed by atoms with van der Waals surface area (Å²) < 4.78 is 1.79. The van der Waals surface area contributed by atoms with E-state index in [1.807, 2.05) is 12.1 Å². The quantitative estimate of drug-likeness (QED) is 0.384. The van der Waals surface area contributed by atoms with Crippen molar-refractivity contribution in [1.82, 2.24) is 14.9 Å². The maximum absolute atomic E-state index is 9.50. The van der Waals surface area contributed by atoms with Crippen LogP contribution in [0.25, 0.3) is 11.4 Å². The molecule has 23 heavy (non-hydrogen) atoms. The molecule has 1 aromatic heterocycles. The van der Waals surface area contributed by atoms with Gasteiger partial charge in [-0.15, -0.1) is 0 Å². The molecule has 0 atom stereocenters. The third-order valence-electron chi connectivity index (χ3n) is 3.07. The molecule has 0 bridgehead atoms. The Kier molecular flexibility index (Phi) is 4.14. The van der Waals surface area contributed by atoms with Gasteiger partial charge in [0.25, 0.3) is 0 Å². The number of halogens is 1. The molecule has 0 aliphatic heterocycles. The van der Waals surface area contributed by atoms with Gasteiger partial charge in [0.05, 0.1) is 6.21 Å². The van der Waals surface area contributed by atoms with Crippen LogP contribution in [0.4, 0.5) is 0 Å². The second kappa shape index (κ2) is 6.23. The van der Waals surface area contributed by atoms with Crippen LogP contribution >= 0.6 is 23.8 Å². The van der Waals surface area contributed by atoms with Crippen LogP contribution in [0.1, 0.15) is 5.56 Å². The molecule has 0 saturated heterocycles. The zero-order chi connectivity index (χ0) is 16.4. The van der Waals surface area contributed by atoms with E-state index in [-0.39, 0.29) is 11.5 Å². The van der Waals surface area contributed by atoms with Gasteiger partial charge in [-0.1, -0.05) is 11.6 Å². The highest BCUT2D eigenvalue weighted by molar-refractivity contribution is 7.71. The molecule has 3 aromatic rings. The van der Waals surface area contributed by atoms with Gasteiger partial charge in [-0.3, -0.25) is 0 Å². The highest BCUT2D eigenvalue weighted by Crippen LogP contribution is 2.24. The van der Waals surface area contributed by atoms with Gasteiger partial charge >= 0.3 is 0 Å². The van der Waals surface area contributed by atoms with Crippen molar-refractivity contribution in [2.24, 2.45) is 5.10 Å². The predicted octanol–water partition coefficient (Wildman–Crippen LogP) is 3.55. The van der Waals surface area contributed by atoms with Gasteiger partial charge < -0.3 is 10.2 Å². The number of H-pyrrole nitrogens is 1. The average Bonchev–Trinajstić information content (AvgIpc) is 2.90. The minimum atomic E-state index is -0.220. The third kappa shape index (κ3) is 3.25. The molecule has 0 amide bonds. The Morgan fingerprint density at radius 2 is 1.87 bits per heavy atom. The highest BCUT2D eigenvalue weighted by Gasteiger charge is 2.08. The third-order valence-corrected chi connectivity index (χ3v) is 3.59. The zero-order valence-electron chi connectivity index (χ0n) is 11.6. The van der Waals surface area contributed by atoms with Crippen LogP contribution in [0.2, 0.25) is 5.02 Å².